The van der Waals surface area contributed by atoms with E-state index in [2.05, 4.69) is 28.7 Å². The van der Waals surface area contributed by atoms with E-state index >= 15 is 0 Å². The predicted octanol–water partition coefficient (Wildman–Crippen LogP) is 4.61. The van der Waals surface area contributed by atoms with E-state index in [1.54, 1.807) is 0 Å². The number of aryl methyl sites for hydroxylation is 2. The number of carbonyl (C=O) groups excluding carboxylic acids is 1. The maximum atomic E-state index is 12.4. The average Bonchev–Trinajstić information content (AvgIpc) is 2.59. The molecule has 0 aliphatic rings. The molecule has 0 bridgehead atoms. The van der Waals surface area contributed by atoms with Gasteiger partial charge in [0, 0.05) is 11.1 Å². The Hall–Kier alpha value is -2.94. The minimum Gasteiger partial charge on any atom is -0.267 e. The van der Waals surface area contributed by atoms with Gasteiger partial charge >= 0.3 is 0 Å². The lowest BCUT2D eigenvalue weighted by Crippen LogP contribution is -2.20. The van der Waals surface area contributed by atoms with Gasteiger partial charge in [0.05, 0.1) is 5.71 Å². The van der Waals surface area contributed by atoms with E-state index in [0.29, 0.717) is 5.56 Å². The fraction of sp³-hybridized carbons (Fsp3) is 0.143. The van der Waals surface area contributed by atoms with Gasteiger partial charge in [-0.1, -0.05) is 60.2 Å². The molecule has 3 nitrogen and oxygen atoms in total. The molecule has 3 rings (SSSR count). The number of carbonyl (C=O) groups is 1. The largest absolute Gasteiger partial charge is 0.271 e. The standard InChI is InChI=1S/C21H20N2O/c1-14-11-12-18(15(2)13-14)21(24)23-22-16(3)19-10-6-8-17-7-4-5-9-20(17)19/h4-13H,1-3H3,(H,23,24). The summed E-state index contributed by atoms with van der Waals surface area (Å²) in [6.07, 6.45) is 0. The Morgan fingerprint density at radius 1 is 0.917 bits per heavy atom. The molecule has 120 valence electrons. The van der Waals surface area contributed by atoms with Crippen molar-refractivity contribution in [1.29, 1.82) is 0 Å². The van der Waals surface area contributed by atoms with Crippen molar-refractivity contribution < 1.29 is 4.79 Å². The molecule has 1 N–H and O–H groups in total. The Kier molecular flexibility index (Phi) is 4.43. The number of amides is 1. The van der Waals surface area contributed by atoms with Gasteiger partial charge in [0.15, 0.2) is 0 Å². The summed E-state index contributed by atoms with van der Waals surface area (Å²) in [4.78, 5) is 12.4. The normalized spacial score (nSPS) is 11.5. The summed E-state index contributed by atoms with van der Waals surface area (Å²) in [6.45, 7) is 5.85. The molecule has 3 heteroatoms. The molecule has 0 aromatic heterocycles. The average molecular weight is 316 g/mol. The highest BCUT2D eigenvalue weighted by Crippen LogP contribution is 2.19. The molecular weight excluding hydrogens is 296 g/mol. The van der Waals surface area contributed by atoms with E-state index in [1.165, 1.54) is 0 Å². The third kappa shape index (κ3) is 3.20. The van der Waals surface area contributed by atoms with Crippen molar-refractivity contribution in [3.63, 3.8) is 0 Å². The van der Waals surface area contributed by atoms with Gasteiger partial charge in [0.25, 0.3) is 5.91 Å². The number of nitrogens with one attached hydrogen (secondary N) is 1. The molecule has 0 unspecified atom stereocenters. The maximum Gasteiger partial charge on any atom is 0.271 e. The zero-order valence-electron chi connectivity index (χ0n) is 14.1. The highest BCUT2D eigenvalue weighted by Gasteiger charge is 2.09. The molecule has 0 atom stereocenters. The third-order valence-electron chi connectivity index (χ3n) is 4.13. The van der Waals surface area contributed by atoms with Crippen LogP contribution in [-0.2, 0) is 0 Å². The van der Waals surface area contributed by atoms with Gasteiger partial charge in [-0.15, -0.1) is 0 Å². The summed E-state index contributed by atoms with van der Waals surface area (Å²) in [5.41, 5.74) is 7.21. The summed E-state index contributed by atoms with van der Waals surface area (Å²) >= 11 is 0. The van der Waals surface area contributed by atoms with Crippen LogP contribution in [0.25, 0.3) is 10.8 Å². The number of nitrogens with zero attached hydrogens (tertiary/aromatic N) is 1. The lowest BCUT2D eigenvalue weighted by atomic mass is 10.0. The fourth-order valence-electron chi connectivity index (χ4n) is 2.86. The van der Waals surface area contributed by atoms with E-state index < -0.39 is 0 Å². The Balaban J connectivity index is 1.87. The minimum atomic E-state index is -0.188. The molecule has 1 amide bonds. The van der Waals surface area contributed by atoms with E-state index in [9.17, 15) is 4.79 Å². The number of rotatable bonds is 3. The van der Waals surface area contributed by atoms with Crippen molar-refractivity contribution in [2.75, 3.05) is 0 Å². The van der Waals surface area contributed by atoms with Gasteiger partial charge in [0.2, 0.25) is 0 Å². The van der Waals surface area contributed by atoms with Crippen LogP contribution >= 0.6 is 0 Å². The van der Waals surface area contributed by atoms with E-state index in [0.717, 1.165) is 33.2 Å². The lowest BCUT2D eigenvalue weighted by molar-refractivity contribution is 0.0954. The quantitative estimate of drug-likeness (QED) is 0.556. The number of benzene rings is 3. The zero-order valence-corrected chi connectivity index (χ0v) is 14.1. The van der Waals surface area contributed by atoms with Crippen molar-refractivity contribution in [3.05, 3.63) is 82.9 Å². The first-order chi connectivity index (χ1) is 11.6. The van der Waals surface area contributed by atoms with E-state index in [-0.39, 0.29) is 5.91 Å². The number of hydrogen-bond acceptors (Lipinski definition) is 2. The van der Waals surface area contributed by atoms with Crippen LogP contribution in [0.1, 0.15) is 34.0 Å². The van der Waals surface area contributed by atoms with Crippen molar-refractivity contribution in [2.24, 2.45) is 5.10 Å². The van der Waals surface area contributed by atoms with E-state index in [1.807, 2.05) is 63.2 Å². The third-order valence-corrected chi connectivity index (χ3v) is 4.13. The lowest BCUT2D eigenvalue weighted by Gasteiger charge is -2.08. The van der Waals surface area contributed by atoms with Gasteiger partial charge in [-0.25, -0.2) is 5.43 Å². The molecule has 0 heterocycles. The second-order valence-corrected chi connectivity index (χ2v) is 5.98. The monoisotopic (exact) mass is 316 g/mol. The van der Waals surface area contributed by atoms with Crippen molar-refractivity contribution >= 4 is 22.4 Å². The molecule has 0 aliphatic heterocycles. The number of hydrogen-bond donors (Lipinski definition) is 1. The molecule has 0 spiro atoms. The molecule has 0 aliphatic carbocycles. The molecule has 3 aromatic rings. The second-order valence-electron chi connectivity index (χ2n) is 5.98. The Bertz CT molecular complexity index is 936. The molecule has 0 saturated heterocycles. The Labute approximate surface area is 142 Å². The van der Waals surface area contributed by atoms with Crippen molar-refractivity contribution in [1.82, 2.24) is 5.43 Å². The SMILES string of the molecule is CC(=NNC(=O)c1ccc(C)cc1C)c1cccc2ccccc12. The molecule has 0 radical (unpaired) electrons. The summed E-state index contributed by atoms with van der Waals surface area (Å²) in [7, 11) is 0. The summed E-state index contributed by atoms with van der Waals surface area (Å²) in [5, 5.41) is 6.59. The molecular formula is C21H20N2O. The highest BCUT2D eigenvalue weighted by atomic mass is 16.2. The van der Waals surface area contributed by atoms with Crippen LogP contribution < -0.4 is 5.43 Å². The Morgan fingerprint density at radius 3 is 2.46 bits per heavy atom. The van der Waals surface area contributed by atoms with Gasteiger partial charge < -0.3 is 0 Å². The van der Waals surface area contributed by atoms with Crippen molar-refractivity contribution in [2.45, 2.75) is 20.8 Å². The van der Waals surface area contributed by atoms with Gasteiger partial charge in [-0.3, -0.25) is 4.79 Å². The predicted molar refractivity (Wildman–Crippen MR) is 99.5 cm³/mol. The summed E-state index contributed by atoms with van der Waals surface area (Å²) in [6, 6.07) is 20.0. The maximum absolute atomic E-state index is 12.4. The zero-order chi connectivity index (χ0) is 17.1. The number of fused-ring (bicyclic) bond motifs is 1. The molecule has 24 heavy (non-hydrogen) atoms. The van der Waals surface area contributed by atoms with Gasteiger partial charge in [-0.2, -0.15) is 5.10 Å². The van der Waals surface area contributed by atoms with Crippen LogP contribution in [0.5, 0.6) is 0 Å². The second kappa shape index (κ2) is 6.67. The summed E-state index contributed by atoms with van der Waals surface area (Å²) in [5.74, 6) is -0.188. The van der Waals surface area contributed by atoms with Crippen molar-refractivity contribution in [3.8, 4) is 0 Å². The van der Waals surface area contributed by atoms with Gasteiger partial charge in [-0.05, 0) is 43.2 Å². The smallest absolute Gasteiger partial charge is 0.267 e. The minimum absolute atomic E-state index is 0.188. The van der Waals surface area contributed by atoms with Crippen LogP contribution in [-0.4, -0.2) is 11.6 Å². The molecule has 0 fully saturated rings. The first-order valence-electron chi connectivity index (χ1n) is 7.96. The highest BCUT2D eigenvalue weighted by molar-refractivity contribution is 6.10. The topological polar surface area (TPSA) is 41.5 Å². The van der Waals surface area contributed by atoms with Crippen LogP contribution in [0.15, 0.2) is 65.8 Å². The van der Waals surface area contributed by atoms with E-state index in [4.69, 9.17) is 0 Å². The van der Waals surface area contributed by atoms with Crippen LogP contribution in [0.3, 0.4) is 0 Å². The van der Waals surface area contributed by atoms with Crippen LogP contribution in [0, 0.1) is 13.8 Å². The van der Waals surface area contributed by atoms with Crippen LogP contribution in [0.2, 0.25) is 0 Å². The molecule has 3 aromatic carbocycles. The first kappa shape index (κ1) is 15.9. The first-order valence-corrected chi connectivity index (χ1v) is 7.96. The fourth-order valence-corrected chi connectivity index (χ4v) is 2.86. The molecule has 0 saturated carbocycles. The Morgan fingerprint density at radius 2 is 1.67 bits per heavy atom. The number of hydrazone groups is 1. The van der Waals surface area contributed by atoms with Gasteiger partial charge in [0.1, 0.15) is 0 Å². The van der Waals surface area contributed by atoms with Crippen LogP contribution in [0.4, 0.5) is 0 Å². The summed E-state index contributed by atoms with van der Waals surface area (Å²) < 4.78 is 0.